The van der Waals surface area contributed by atoms with E-state index < -0.39 is 33.9 Å². The van der Waals surface area contributed by atoms with Gasteiger partial charge in [0, 0.05) is 31.3 Å². The number of rotatable bonds is 13. The first-order valence-corrected chi connectivity index (χ1v) is 18.8. The lowest BCUT2D eigenvalue weighted by molar-refractivity contribution is -0.385. The van der Waals surface area contributed by atoms with E-state index in [9.17, 15) is 32.9 Å². The minimum absolute atomic E-state index is 0.0223. The molecule has 0 radical (unpaired) electrons. The molecule has 0 aliphatic rings. The molecule has 0 aliphatic carbocycles. The summed E-state index contributed by atoms with van der Waals surface area (Å²) in [4.78, 5) is 47.0. The van der Waals surface area contributed by atoms with E-state index in [2.05, 4.69) is 38.6 Å². The number of nitrogens with zero attached hydrogens (tertiary/aromatic N) is 5. The van der Waals surface area contributed by atoms with Crippen LogP contribution in [0.5, 0.6) is 11.5 Å². The van der Waals surface area contributed by atoms with Crippen molar-refractivity contribution in [2.24, 2.45) is 0 Å². The molecule has 4 aromatic rings. The number of halogens is 6. The SMILES string of the molecule is CCNc1nc(Cl)nc(NC(C)(C)C)n1.CCc1cccc(C)c1N(C(=O)CCl)C(C)COC.O=C(O)c1cc(Oc2ccc(C(F)(F)F)cc2Cl)ccc1[N+](=O)[O-]. The maximum absolute atomic E-state index is 12.6. The fourth-order valence-corrected chi connectivity index (χ4v) is 5.60. The summed E-state index contributed by atoms with van der Waals surface area (Å²) in [5.41, 5.74) is 0.861. The average Bonchev–Trinajstić information content (AvgIpc) is 3.12. The largest absolute Gasteiger partial charge is 0.477 e. The number of carbonyl (C=O) groups excluding carboxylic acids is 1. The summed E-state index contributed by atoms with van der Waals surface area (Å²) in [6.45, 7) is 15.3. The van der Waals surface area contributed by atoms with Crippen LogP contribution in [0.15, 0.2) is 54.6 Å². The second-order valence-corrected chi connectivity index (χ2v) is 14.3. The Labute approximate surface area is 349 Å². The molecule has 316 valence electrons. The third-order valence-electron chi connectivity index (χ3n) is 7.49. The molecule has 4 rings (SSSR count). The number of amides is 1. The molecule has 1 heterocycles. The standard InChI is InChI=1S/C15H22ClNO2.C14H7ClF3NO5.C9H16ClN5/c1-5-13-8-6-7-11(2)15(13)17(14(18)9-16)12(3)10-19-4;15-10-5-7(14(16,17)18)1-4-12(10)24-8-2-3-11(19(22)23)9(6-8)13(20)21;1-5-11-7-12-6(10)13-8(14-7)15-9(2,3)4/h6-8,12H,5,9-10H2,1-4H3;1-6H,(H,20,21);5H2,1-4H3,(H2,11,12,13,14,15). The van der Waals surface area contributed by atoms with Crippen LogP contribution in [0.4, 0.5) is 36.4 Å². The molecule has 3 aromatic carbocycles. The Morgan fingerprint density at radius 3 is 2.19 bits per heavy atom. The van der Waals surface area contributed by atoms with Crippen molar-refractivity contribution in [1.82, 2.24) is 15.0 Å². The Morgan fingerprint density at radius 1 is 1.02 bits per heavy atom. The van der Waals surface area contributed by atoms with Gasteiger partial charge in [-0.05, 0) is 95.0 Å². The van der Waals surface area contributed by atoms with Crippen molar-refractivity contribution in [1.29, 1.82) is 0 Å². The first-order valence-electron chi connectivity index (χ1n) is 17.5. The van der Waals surface area contributed by atoms with Crippen LogP contribution in [0.3, 0.4) is 0 Å². The van der Waals surface area contributed by atoms with E-state index in [1.807, 2.05) is 53.7 Å². The van der Waals surface area contributed by atoms with Crippen molar-refractivity contribution >= 4 is 70.0 Å². The highest BCUT2D eigenvalue weighted by atomic mass is 35.5. The molecular formula is C38H45Cl3F3N7O7. The molecule has 1 atom stereocenters. The average molecular weight is 875 g/mol. The van der Waals surface area contributed by atoms with Gasteiger partial charge in [0.15, 0.2) is 0 Å². The van der Waals surface area contributed by atoms with Gasteiger partial charge in [0.05, 0.1) is 33.8 Å². The molecule has 0 aliphatic heterocycles. The topological polar surface area (TPSA) is 182 Å². The van der Waals surface area contributed by atoms with Crippen LogP contribution in [0, 0.1) is 17.0 Å². The molecule has 1 amide bonds. The summed E-state index contributed by atoms with van der Waals surface area (Å²) < 4.78 is 48.1. The lowest BCUT2D eigenvalue weighted by Gasteiger charge is -2.31. The lowest BCUT2D eigenvalue weighted by Crippen LogP contribution is -2.43. The highest BCUT2D eigenvalue weighted by Gasteiger charge is 2.31. The number of hydrogen-bond acceptors (Lipinski definition) is 11. The molecule has 0 saturated carbocycles. The zero-order valence-corrected chi connectivity index (χ0v) is 35.3. The number of nitro benzene ring substituents is 1. The van der Waals surface area contributed by atoms with Crippen molar-refractivity contribution < 1.29 is 42.3 Å². The van der Waals surface area contributed by atoms with E-state index in [0.29, 0.717) is 24.6 Å². The predicted molar refractivity (Wildman–Crippen MR) is 219 cm³/mol. The molecule has 0 bridgehead atoms. The quantitative estimate of drug-likeness (QED) is 0.0658. The van der Waals surface area contributed by atoms with Gasteiger partial charge < -0.3 is 30.1 Å². The van der Waals surface area contributed by atoms with Crippen molar-refractivity contribution in [3.8, 4) is 11.5 Å². The summed E-state index contributed by atoms with van der Waals surface area (Å²) in [6.07, 6.45) is -3.70. The van der Waals surface area contributed by atoms with Gasteiger partial charge in [0.1, 0.15) is 22.9 Å². The van der Waals surface area contributed by atoms with Crippen LogP contribution in [-0.4, -0.2) is 74.6 Å². The number of ether oxygens (including phenoxy) is 2. The van der Waals surface area contributed by atoms with Gasteiger partial charge in [-0.25, -0.2) is 4.79 Å². The van der Waals surface area contributed by atoms with E-state index in [0.717, 1.165) is 60.1 Å². The number of aryl methyl sites for hydroxylation is 2. The number of nitro groups is 1. The third-order valence-corrected chi connectivity index (χ3v) is 8.18. The lowest BCUT2D eigenvalue weighted by atomic mass is 10.0. The number of carboxylic acid groups (broad SMARTS) is 1. The van der Waals surface area contributed by atoms with E-state index in [4.69, 9.17) is 49.4 Å². The highest BCUT2D eigenvalue weighted by molar-refractivity contribution is 6.32. The highest BCUT2D eigenvalue weighted by Crippen LogP contribution is 2.37. The first kappa shape index (κ1) is 49.2. The smallest absolute Gasteiger partial charge is 0.416 e. The molecule has 1 aromatic heterocycles. The molecule has 3 N–H and O–H groups in total. The fraction of sp³-hybridized carbons (Fsp3) is 0.395. The second kappa shape index (κ2) is 22.3. The fourth-order valence-electron chi connectivity index (χ4n) is 5.10. The summed E-state index contributed by atoms with van der Waals surface area (Å²) in [5, 5.41) is 25.7. The molecular weight excluding hydrogens is 830 g/mol. The van der Waals surface area contributed by atoms with E-state index >= 15 is 0 Å². The Morgan fingerprint density at radius 2 is 1.67 bits per heavy atom. The number of alkyl halides is 4. The Balaban J connectivity index is 0.000000309. The van der Waals surface area contributed by atoms with E-state index in [1.54, 1.807) is 12.0 Å². The Kier molecular flexibility index (Phi) is 18.9. The number of aromatic carboxylic acids is 1. The second-order valence-electron chi connectivity index (χ2n) is 13.3. The number of aromatic nitrogens is 3. The monoisotopic (exact) mass is 873 g/mol. The normalized spacial score (nSPS) is 11.6. The summed E-state index contributed by atoms with van der Waals surface area (Å²) >= 11 is 17.2. The summed E-state index contributed by atoms with van der Waals surface area (Å²) in [5.74, 6) is -0.968. The summed E-state index contributed by atoms with van der Waals surface area (Å²) in [7, 11) is 1.64. The van der Waals surface area contributed by atoms with Crippen LogP contribution in [-0.2, 0) is 22.1 Å². The molecule has 0 fully saturated rings. The van der Waals surface area contributed by atoms with E-state index in [1.165, 1.54) is 0 Å². The maximum Gasteiger partial charge on any atom is 0.416 e. The zero-order valence-electron chi connectivity index (χ0n) is 33.0. The zero-order chi connectivity index (χ0) is 44.0. The summed E-state index contributed by atoms with van der Waals surface area (Å²) in [6, 6.07) is 11.3. The van der Waals surface area contributed by atoms with Crippen LogP contribution < -0.4 is 20.3 Å². The van der Waals surface area contributed by atoms with Crippen LogP contribution in [0.2, 0.25) is 10.3 Å². The van der Waals surface area contributed by atoms with Gasteiger partial charge in [-0.2, -0.15) is 28.1 Å². The molecule has 14 nitrogen and oxygen atoms in total. The van der Waals surface area contributed by atoms with Gasteiger partial charge in [-0.15, -0.1) is 11.6 Å². The molecule has 1 unspecified atom stereocenters. The minimum Gasteiger partial charge on any atom is -0.477 e. The predicted octanol–water partition coefficient (Wildman–Crippen LogP) is 10.1. The first-order chi connectivity index (χ1) is 27.1. The van der Waals surface area contributed by atoms with Crippen LogP contribution in [0.1, 0.15) is 68.6 Å². The Bertz CT molecular complexity index is 2040. The number of anilines is 3. The van der Waals surface area contributed by atoms with Crippen molar-refractivity contribution in [2.75, 3.05) is 41.7 Å². The van der Waals surface area contributed by atoms with Crippen molar-refractivity contribution in [2.45, 2.75) is 72.6 Å². The van der Waals surface area contributed by atoms with Gasteiger partial charge in [0.25, 0.3) is 5.69 Å². The van der Waals surface area contributed by atoms with Crippen LogP contribution in [0.25, 0.3) is 0 Å². The third kappa shape index (κ3) is 15.1. The number of para-hydroxylation sites is 1. The number of benzene rings is 3. The number of carbonyl (C=O) groups is 2. The van der Waals surface area contributed by atoms with Crippen molar-refractivity contribution in [3.05, 3.63) is 97.3 Å². The van der Waals surface area contributed by atoms with Gasteiger partial charge in [-0.3, -0.25) is 14.9 Å². The van der Waals surface area contributed by atoms with E-state index in [-0.39, 0.29) is 45.2 Å². The maximum atomic E-state index is 12.6. The number of nitrogens with one attached hydrogen (secondary N) is 2. The number of methoxy groups -OCH3 is 1. The number of carboxylic acids is 1. The van der Waals surface area contributed by atoms with Crippen LogP contribution >= 0.6 is 34.8 Å². The minimum atomic E-state index is -4.58. The Hall–Kier alpha value is -4.97. The molecule has 0 spiro atoms. The number of hydrogen-bond donors (Lipinski definition) is 3. The molecule has 0 saturated heterocycles. The van der Waals surface area contributed by atoms with Gasteiger partial charge in [0.2, 0.25) is 23.1 Å². The molecule has 20 heteroatoms. The van der Waals surface area contributed by atoms with Crippen molar-refractivity contribution in [3.63, 3.8) is 0 Å². The molecule has 58 heavy (non-hydrogen) atoms. The van der Waals surface area contributed by atoms with Gasteiger partial charge in [-0.1, -0.05) is 36.7 Å². The van der Waals surface area contributed by atoms with Gasteiger partial charge >= 0.3 is 12.1 Å².